The lowest BCUT2D eigenvalue weighted by atomic mass is 10.1. The Morgan fingerprint density at radius 1 is 1.36 bits per heavy atom. The number of benzene rings is 1. The first-order chi connectivity index (χ1) is 6.83. The highest BCUT2D eigenvalue weighted by molar-refractivity contribution is 5.27. The summed E-state index contributed by atoms with van der Waals surface area (Å²) < 4.78 is 0. The van der Waals surface area contributed by atoms with Gasteiger partial charge in [0.25, 0.3) is 0 Å². The van der Waals surface area contributed by atoms with Gasteiger partial charge in [0, 0.05) is 25.0 Å². The molecule has 0 bridgehead atoms. The van der Waals surface area contributed by atoms with Gasteiger partial charge in [-0.05, 0) is 19.0 Å². The number of likely N-dealkylation sites (N-methyl/N-ethyl adjacent to an activating group) is 1. The quantitative estimate of drug-likeness (QED) is 0.778. The van der Waals surface area contributed by atoms with Crippen LogP contribution in [0, 0.1) is 0 Å². The minimum absolute atomic E-state index is 0.723. The van der Waals surface area contributed by atoms with E-state index in [4.69, 9.17) is 5.73 Å². The smallest absolute Gasteiger partial charge is 0.0168 e. The lowest BCUT2D eigenvalue weighted by Crippen LogP contribution is -2.28. The summed E-state index contributed by atoms with van der Waals surface area (Å²) in [6.45, 7) is 1.77. The monoisotopic (exact) mass is 190 g/mol. The number of rotatable bonds is 4. The van der Waals surface area contributed by atoms with E-state index in [-0.39, 0.29) is 0 Å². The minimum atomic E-state index is 0.723. The van der Waals surface area contributed by atoms with Gasteiger partial charge >= 0.3 is 0 Å². The predicted octanol–water partition coefficient (Wildman–Crippen LogP) is 1.43. The Bertz CT molecular complexity index is 284. The SMILES string of the molecule is CN(CCN)[C@@H]1C[C@H]1c1ccccc1. The van der Waals surface area contributed by atoms with Crippen molar-refractivity contribution in [2.24, 2.45) is 5.73 Å². The third-order valence-electron chi connectivity index (χ3n) is 3.03. The molecule has 0 heterocycles. The maximum Gasteiger partial charge on any atom is 0.0168 e. The van der Waals surface area contributed by atoms with Gasteiger partial charge in [-0.25, -0.2) is 0 Å². The topological polar surface area (TPSA) is 29.3 Å². The lowest BCUT2D eigenvalue weighted by Gasteiger charge is -2.15. The molecule has 0 saturated heterocycles. The highest BCUT2D eigenvalue weighted by atomic mass is 15.2. The van der Waals surface area contributed by atoms with Crippen LogP contribution in [0.4, 0.5) is 0 Å². The largest absolute Gasteiger partial charge is 0.329 e. The van der Waals surface area contributed by atoms with Crippen molar-refractivity contribution in [1.29, 1.82) is 0 Å². The summed E-state index contributed by atoms with van der Waals surface area (Å²) >= 11 is 0. The summed E-state index contributed by atoms with van der Waals surface area (Å²) in [5.41, 5.74) is 7.01. The molecule has 76 valence electrons. The third kappa shape index (κ3) is 1.97. The van der Waals surface area contributed by atoms with E-state index in [1.54, 1.807) is 0 Å². The molecule has 0 aliphatic heterocycles. The average Bonchev–Trinajstić information content (AvgIpc) is 2.99. The maximum atomic E-state index is 5.54. The van der Waals surface area contributed by atoms with E-state index in [0.29, 0.717) is 0 Å². The van der Waals surface area contributed by atoms with Gasteiger partial charge in [0.15, 0.2) is 0 Å². The second-order valence-corrected chi connectivity index (χ2v) is 4.09. The van der Waals surface area contributed by atoms with Crippen LogP contribution in [0.3, 0.4) is 0 Å². The van der Waals surface area contributed by atoms with Crippen LogP contribution in [0.1, 0.15) is 17.9 Å². The van der Waals surface area contributed by atoms with Crippen LogP contribution in [0.25, 0.3) is 0 Å². The Labute approximate surface area is 85.7 Å². The fraction of sp³-hybridized carbons (Fsp3) is 0.500. The third-order valence-corrected chi connectivity index (χ3v) is 3.03. The summed E-state index contributed by atoms with van der Waals surface area (Å²) in [5, 5.41) is 0. The lowest BCUT2D eigenvalue weighted by molar-refractivity contribution is 0.328. The molecule has 1 aliphatic rings. The molecule has 14 heavy (non-hydrogen) atoms. The highest BCUT2D eigenvalue weighted by Gasteiger charge is 2.40. The molecule has 1 aromatic rings. The van der Waals surface area contributed by atoms with Gasteiger partial charge in [-0.15, -0.1) is 0 Å². The van der Waals surface area contributed by atoms with E-state index >= 15 is 0 Å². The van der Waals surface area contributed by atoms with Crippen molar-refractivity contribution < 1.29 is 0 Å². The predicted molar refractivity (Wildman–Crippen MR) is 59.3 cm³/mol. The van der Waals surface area contributed by atoms with E-state index < -0.39 is 0 Å². The van der Waals surface area contributed by atoms with Gasteiger partial charge in [-0.1, -0.05) is 30.3 Å². The van der Waals surface area contributed by atoms with E-state index in [2.05, 4.69) is 42.3 Å². The molecule has 0 unspecified atom stereocenters. The molecular weight excluding hydrogens is 172 g/mol. The van der Waals surface area contributed by atoms with E-state index in [1.807, 2.05) is 0 Å². The Morgan fingerprint density at radius 2 is 2.07 bits per heavy atom. The number of nitrogens with zero attached hydrogens (tertiary/aromatic N) is 1. The zero-order valence-corrected chi connectivity index (χ0v) is 8.69. The molecule has 0 spiro atoms. The molecule has 2 atom stereocenters. The van der Waals surface area contributed by atoms with E-state index in [9.17, 15) is 0 Å². The Morgan fingerprint density at radius 3 is 2.71 bits per heavy atom. The molecule has 2 N–H and O–H groups in total. The Balaban J connectivity index is 1.93. The molecule has 2 rings (SSSR count). The van der Waals surface area contributed by atoms with Gasteiger partial charge < -0.3 is 10.6 Å². The molecule has 2 heteroatoms. The number of hydrogen-bond acceptors (Lipinski definition) is 2. The zero-order valence-electron chi connectivity index (χ0n) is 8.69. The minimum Gasteiger partial charge on any atom is -0.329 e. The molecule has 2 nitrogen and oxygen atoms in total. The molecule has 1 fully saturated rings. The van der Waals surface area contributed by atoms with Crippen LogP contribution >= 0.6 is 0 Å². The molecule has 1 aliphatic carbocycles. The first kappa shape index (κ1) is 9.69. The fourth-order valence-electron chi connectivity index (χ4n) is 2.10. The van der Waals surface area contributed by atoms with Crippen LogP contribution in [-0.4, -0.2) is 31.1 Å². The van der Waals surface area contributed by atoms with Crippen molar-refractivity contribution in [2.45, 2.75) is 18.4 Å². The average molecular weight is 190 g/mol. The normalized spacial score (nSPS) is 25.4. The first-order valence-electron chi connectivity index (χ1n) is 5.28. The van der Waals surface area contributed by atoms with Crippen LogP contribution in [-0.2, 0) is 0 Å². The van der Waals surface area contributed by atoms with Crippen LogP contribution in [0.5, 0.6) is 0 Å². The van der Waals surface area contributed by atoms with Gasteiger partial charge in [-0.2, -0.15) is 0 Å². The van der Waals surface area contributed by atoms with Crippen LogP contribution in [0.15, 0.2) is 30.3 Å². The van der Waals surface area contributed by atoms with Gasteiger partial charge in [0.05, 0.1) is 0 Å². The second-order valence-electron chi connectivity index (χ2n) is 4.09. The summed E-state index contributed by atoms with van der Waals surface area (Å²) in [4.78, 5) is 2.37. The summed E-state index contributed by atoms with van der Waals surface area (Å²) in [6, 6.07) is 11.5. The molecule has 0 radical (unpaired) electrons. The van der Waals surface area contributed by atoms with Gasteiger partial charge in [0.1, 0.15) is 0 Å². The summed E-state index contributed by atoms with van der Waals surface area (Å²) in [6.07, 6.45) is 1.29. The van der Waals surface area contributed by atoms with Gasteiger partial charge in [-0.3, -0.25) is 0 Å². The molecular formula is C12H18N2. The molecule has 1 saturated carbocycles. The van der Waals surface area contributed by atoms with Crippen molar-refractivity contribution in [2.75, 3.05) is 20.1 Å². The fourth-order valence-corrected chi connectivity index (χ4v) is 2.10. The zero-order chi connectivity index (χ0) is 9.97. The molecule has 0 aromatic heterocycles. The van der Waals surface area contributed by atoms with Crippen molar-refractivity contribution in [1.82, 2.24) is 4.90 Å². The van der Waals surface area contributed by atoms with E-state index in [0.717, 1.165) is 25.0 Å². The molecule has 1 aromatic carbocycles. The Hall–Kier alpha value is -0.860. The number of hydrogen-bond donors (Lipinski definition) is 1. The van der Waals surface area contributed by atoms with Crippen LogP contribution < -0.4 is 5.73 Å². The second kappa shape index (κ2) is 4.11. The standard InChI is InChI=1S/C12H18N2/c1-14(8-7-13)12-9-11(12)10-5-3-2-4-6-10/h2-6,11-12H,7-9,13H2,1H3/t11-,12+/m0/s1. The number of nitrogens with two attached hydrogens (primary N) is 1. The van der Waals surface area contributed by atoms with E-state index in [1.165, 1.54) is 12.0 Å². The van der Waals surface area contributed by atoms with Crippen molar-refractivity contribution in [3.8, 4) is 0 Å². The first-order valence-corrected chi connectivity index (χ1v) is 5.28. The summed E-state index contributed by atoms with van der Waals surface area (Å²) in [7, 11) is 2.17. The Kier molecular flexibility index (Phi) is 2.85. The van der Waals surface area contributed by atoms with Gasteiger partial charge in [0.2, 0.25) is 0 Å². The van der Waals surface area contributed by atoms with Crippen molar-refractivity contribution >= 4 is 0 Å². The summed E-state index contributed by atoms with van der Waals surface area (Å²) in [5.74, 6) is 0.743. The van der Waals surface area contributed by atoms with Crippen molar-refractivity contribution in [3.05, 3.63) is 35.9 Å². The highest BCUT2D eigenvalue weighted by Crippen LogP contribution is 2.43. The van der Waals surface area contributed by atoms with Crippen LogP contribution in [0.2, 0.25) is 0 Å². The maximum absolute atomic E-state index is 5.54. The van der Waals surface area contributed by atoms with Crippen molar-refractivity contribution in [3.63, 3.8) is 0 Å². The molecule has 0 amide bonds.